The van der Waals surface area contributed by atoms with Crippen molar-refractivity contribution in [1.29, 1.82) is 0 Å². The molecule has 0 amide bonds. The van der Waals surface area contributed by atoms with Crippen LogP contribution in [0.1, 0.15) is 44.6 Å². The van der Waals surface area contributed by atoms with Crippen LogP contribution in [0.15, 0.2) is 29.2 Å². The van der Waals surface area contributed by atoms with Crippen molar-refractivity contribution < 1.29 is 8.42 Å². The van der Waals surface area contributed by atoms with Crippen LogP contribution < -0.4 is 10.5 Å². The number of nitrogens with two attached hydrogens (primary N) is 1. The molecule has 3 N–H and O–H groups in total. The van der Waals surface area contributed by atoms with Crippen LogP contribution in [0.25, 0.3) is 0 Å². The third-order valence-electron chi connectivity index (χ3n) is 3.84. The minimum absolute atomic E-state index is 0.208. The second-order valence-corrected chi connectivity index (χ2v) is 7.38. The van der Waals surface area contributed by atoms with Crippen molar-refractivity contribution in [2.45, 2.75) is 49.5 Å². The fourth-order valence-corrected chi connectivity index (χ4v) is 4.39. The highest BCUT2D eigenvalue weighted by molar-refractivity contribution is 7.89. The molecule has 1 fully saturated rings. The molecule has 4 nitrogen and oxygen atoms in total. The Labute approximate surface area is 127 Å². The molecule has 0 saturated heterocycles. The highest BCUT2D eigenvalue weighted by Gasteiger charge is 2.32. The zero-order valence-corrected chi connectivity index (χ0v) is 13.2. The van der Waals surface area contributed by atoms with Crippen LogP contribution in [0, 0.1) is 11.8 Å². The molecule has 0 unspecified atom stereocenters. The van der Waals surface area contributed by atoms with Gasteiger partial charge in [-0.1, -0.05) is 43.2 Å². The van der Waals surface area contributed by atoms with Crippen LogP contribution in [0.2, 0.25) is 0 Å². The van der Waals surface area contributed by atoms with Crippen molar-refractivity contribution in [2.24, 2.45) is 5.73 Å². The third-order valence-corrected chi connectivity index (χ3v) is 5.54. The lowest BCUT2D eigenvalue weighted by molar-refractivity contribution is 0.294. The normalized spacial score (nSPS) is 17.8. The van der Waals surface area contributed by atoms with E-state index in [-0.39, 0.29) is 17.0 Å². The van der Waals surface area contributed by atoms with E-state index in [4.69, 9.17) is 5.73 Å². The van der Waals surface area contributed by atoms with Gasteiger partial charge in [0, 0.05) is 11.1 Å². The van der Waals surface area contributed by atoms with Gasteiger partial charge in [0.05, 0.1) is 11.4 Å². The van der Waals surface area contributed by atoms with Gasteiger partial charge in [0.15, 0.2) is 0 Å². The van der Waals surface area contributed by atoms with Crippen molar-refractivity contribution in [3.63, 3.8) is 0 Å². The van der Waals surface area contributed by atoms with Gasteiger partial charge in [-0.05, 0) is 31.9 Å². The summed E-state index contributed by atoms with van der Waals surface area (Å²) in [6.07, 6.45) is 5.06. The number of benzene rings is 1. The van der Waals surface area contributed by atoms with E-state index in [1.54, 1.807) is 24.3 Å². The highest BCUT2D eigenvalue weighted by Crippen LogP contribution is 2.29. The van der Waals surface area contributed by atoms with E-state index in [9.17, 15) is 8.42 Å². The molecule has 1 aromatic rings. The van der Waals surface area contributed by atoms with Crippen molar-refractivity contribution in [3.05, 3.63) is 29.8 Å². The summed E-state index contributed by atoms with van der Waals surface area (Å²) in [5.74, 6) is 5.55. The van der Waals surface area contributed by atoms with Crippen LogP contribution in [0.4, 0.5) is 0 Å². The maximum absolute atomic E-state index is 12.7. The molecule has 0 atom stereocenters. The summed E-state index contributed by atoms with van der Waals surface area (Å²) in [6.45, 7) is 2.19. The topological polar surface area (TPSA) is 72.2 Å². The van der Waals surface area contributed by atoms with Gasteiger partial charge in [0.25, 0.3) is 0 Å². The summed E-state index contributed by atoms with van der Waals surface area (Å²) in [7, 11) is -3.57. The SMILES string of the molecule is CC1(NS(=O)(=O)c2ccccc2C#CCN)CCCCC1. The van der Waals surface area contributed by atoms with E-state index in [0.717, 1.165) is 25.7 Å². The zero-order valence-electron chi connectivity index (χ0n) is 12.4. The molecule has 2 rings (SSSR count). The lowest BCUT2D eigenvalue weighted by atomic mass is 9.84. The highest BCUT2D eigenvalue weighted by atomic mass is 32.2. The number of rotatable bonds is 3. The van der Waals surface area contributed by atoms with Crippen molar-refractivity contribution in [3.8, 4) is 11.8 Å². The van der Waals surface area contributed by atoms with Crippen LogP contribution in [-0.2, 0) is 10.0 Å². The minimum atomic E-state index is -3.57. The van der Waals surface area contributed by atoms with Crippen molar-refractivity contribution in [2.75, 3.05) is 6.54 Å². The first kappa shape index (κ1) is 16.0. The fourth-order valence-electron chi connectivity index (χ4n) is 2.76. The number of hydrogen-bond acceptors (Lipinski definition) is 3. The molecular weight excluding hydrogens is 284 g/mol. The molecule has 5 heteroatoms. The smallest absolute Gasteiger partial charge is 0.242 e. The standard InChI is InChI=1S/C16H22N2O2S/c1-16(11-5-2-6-12-16)18-21(19,20)15-10-4-3-8-14(15)9-7-13-17/h3-4,8,10,18H,2,5-6,11-13,17H2,1H3. The van der Waals surface area contributed by atoms with Crippen molar-refractivity contribution >= 4 is 10.0 Å². The first-order chi connectivity index (χ1) is 9.97. The summed E-state index contributed by atoms with van der Waals surface area (Å²) < 4.78 is 28.2. The fraction of sp³-hybridized carbons (Fsp3) is 0.500. The second-order valence-electron chi connectivity index (χ2n) is 5.73. The summed E-state index contributed by atoms with van der Waals surface area (Å²) in [6, 6.07) is 6.79. The maximum Gasteiger partial charge on any atom is 0.242 e. The summed E-state index contributed by atoms with van der Waals surface area (Å²) >= 11 is 0. The van der Waals surface area contributed by atoms with Crippen molar-refractivity contribution in [1.82, 2.24) is 4.72 Å². The zero-order chi connectivity index (χ0) is 15.3. The van der Waals surface area contributed by atoms with E-state index >= 15 is 0 Å². The largest absolute Gasteiger partial charge is 0.320 e. The second kappa shape index (κ2) is 6.61. The first-order valence-corrected chi connectivity index (χ1v) is 8.77. The van der Waals surface area contributed by atoms with E-state index in [1.807, 2.05) is 6.92 Å². The first-order valence-electron chi connectivity index (χ1n) is 7.29. The number of sulfonamides is 1. The molecular formula is C16H22N2O2S. The molecule has 1 aliphatic carbocycles. The Morgan fingerprint density at radius 1 is 1.24 bits per heavy atom. The van der Waals surface area contributed by atoms with Crippen LogP contribution in [-0.4, -0.2) is 20.5 Å². The number of hydrogen-bond donors (Lipinski definition) is 2. The molecule has 0 radical (unpaired) electrons. The lowest BCUT2D eigenvalue weighted by Crippen LogP contribution is -2.47. The van der Waals surface area contributed by atoms with E-state index in [0.29, 0.717) is 5.56 Å². The Bertz CT molecular complexity index is 650. The van der Waals surface area contributed by atoms with Gasteiger partial charge in [-0.25, -0.2) is 13.1 Å². The molecule has 1 saturated carbocycles. The van der Waals surface area contributed by atoms with Crippen LogP contribution in [0.5, 0.6) is 0 Å². The molecule has 114 valence electrons. The van der Waals surface area contributed by atoms with Gasteiger partial charge in [-0.2, -0.15) is 0 Å². The molecule has 0 heterocycles. The quantitative estimate of drug-likeness (QED) is 0.839. The average Bonchev–Trinajstić information content (AvgIpc) is 2.45. The Morgan fingerprint density at radius 2 is 1.90 bits per heavy atom. The molecule has 0 bridgehead atoms. The van der Waals surface area contributed by atoms with Gasteiger partial charge in [-0.3, -0.25) is 0 Å². The van der Waals surface area contributed by atoms with Crippen LogP contribution >= 0.6 is 0 Å². The summed E-state index contributed by atoms with van der Waals surface area (Å²) in [5, 5.41) is 0. The van der Waals surface area contributed by atoms with Gasteiger partial charge in [0.2, 0.25) is 10.0 Å². The molecule has 1 aromatic carbocycles. The summed E-state index contributed by atoms with van der Waals surface area (Å²) in [4.78, 5) is 0.234. The third kappa shape index (κ3) is 4.07. The molecule has 0 aliphatic heterocycles. The van der Waals surface area contributed by atoms with Gasteiger partial charge in [-0.15, -0.1) is 0 Å². The van der Waals surface area contributed by atoms with E-state index < -0.39 is 10.0 Å². The lowest BCUT2D eigenvalue weighted by Gasteiger charge is -2.34. The molecule has 0 spiro atoms. The summed E-state index contributed by atoms with van der Waals surface area (Å²) in [5.41, 5.74) is 5.51. The van der Waals surface area contributed by atoms with Gasteiger partial charge >= 0.3 is 0 Å². The molecule has 0 aromatic heterocycles. The Morgan fingerprint density at radius 3 is 2.57 bits per heavy atom. The Hall–Kier alpha value is -1.35. The Kier molecular flexibility index (Phi) is 5.04. The average molecular weight is 306 g/mol. The maximum atomic E-state index is 12.7. The predicted octanol–water partition coefficient (Wildman–Crippen LogP) is 2.00. The van der Waals surface area contributed by atoms with E-state index in [1.165, 1.54) is 6.42 Å². The number of nitrogens with one attached hydrogen (secondary N) is 1. The minimum Gasteiger partial charge on any atom is -0.320 e. The Balaban J connectivity index is 2.31. The van der Waals surface area contributed by atoms with Gasteiger partial charge in [0.1, 0.15) is 0 Å². The van der Waals surface area contributed by atoms with E-state index in [2.05, 4.69) is 16.6 Å². The van der Waals surface area contributed by atoms with Gasteiger partial charge < -0.3 is 5.73 Å². The molecule has 21 heavy (non-hydrogen) atoms. The monoisotopic (exact) mass is 306 g/mol. The predicted molar refractivity (Wildman–Crippen MR) is 84.2 cm³/mol. The molecule has 1 aliphatic rings. The van der Waals surface area contributed by atoms with Crippen LogP contribution in [0.3, 0.4) is 0 Å².